The highest BCUT2D eigenvalue weighted by Gasteiger charge is 2.16. The van der Waals surface area contributed by atoms with E-state index in [1.54, 1.807) is 24.4 Å². The van der Waals surface area contributed by atoms with Gasteiger partial charge in [0.1, 0.15) is 5.82 Å². The molecule has 0 radical (unpaired) electrons. The van der Waals surface area contributed by atoms with E-state index in [2.05, 4.69) is 15.3 Å². The lowest BCUT2D eigenvalue weighted by atomic mass is 10.0. The molecule has 0 fully saturated rings. The smallest absolute Gasteiger partial charge is 0.251 e. The van der Waals surface area contributed by atoms with Crippen molar-refractivity contribution in [1.82, 2.24) is 15.3 Å². The van der Waals surface area contributed by atoms with Crippen LogP contribution >= 0.6 is 11.6 Å². The van der Waals surface area contributed by atoms with Gasteiger partial charge >= 0.3 is 0 Å². The Labute approximate surface area is 151 Å². The highest BCUT2D eigenvalue weighted by atomic mass is 35.5. The van der Waals surface area contributed by atoms with Gasteiger partial charge in [-0.3, -0.25) is 4.79 Å². The van der Waals surface area contributed by atoms with Crippen molar-refractivity contribution in [1.29, 1.82) is 0 Å². The summed E-state index contributed by atoms with van der Waals surface area (Å²) in [7, 11) is 0. The number of benzene rings is 2. The first-order valence-electron chi connectivity index (χ1n) is 8.06. The quantitative estimate of drug-likeness (QED) is 0.735. The average molecular weight is 355 g/mol. The number of carbonyl (C=O) groups is 1. The second-order valence-corrected chi connectivity index (χ2v) is 6.29. The Bertz CT molecular complexity index is 913. The Morgan fingerprint density at radius 1 is 1.28 bits per heavy atom. The van der Waals surface area contributed by atoms with Gasteiger partial charge in [-0.1, -0.05) is 29.8 Å². The minimum atomic E-state index is -0.195. The maximum absolute atomic E-state index is 12.7. The maximum atomic E-state index is 12.7. The molecule has 0 bridgehead atoms. The summed E-state index contributed by atoms with van der Waals surface area (Å²) < 4.78 is 0. The Hall–Kier alpha value is -2.50. The summed E-state index contributed by atoms with van der Waals surface area (Å²) >= 11 is 6.06. The number of fused-ring (bicyclic) bond motifs is 1. The molecule has 0 saturated carbocycles. The number of hydrogen-bond donors (Lipinski definition) is 2. The molecular formula is C19H19ClN4O. The van der Waals surface area contributed by atoms with Crippen LogP contribution in [-0.4, -0.2) is 22.4 Å². The van der Waals surface area contributed by atoms with E-state index in [9.17, 15) is 4.79 Å². The summed E-state index contributed by atoms with van der Waals surface area (Å²) in [5.41, 5.74) is 7.94. The normalized spacial score (nSPS) is 12.1. The van der Waals surface area contributed by atoms with E-state index in [1.165, 1.54) is 0 Å². The molecule has 2 aromatic carbocycles. The summed E-state index contributed by atoms with van der Waals surface area (Å²) in [5.74, 6) is 0.501. The molecule has 0 saturated heterocycles. The summed E-state index contributed by atoms with van der Waals surface area (Å²) in [6.45, 7) is 2.28. The second-order valence-electron chi connectivity index (χ2n) is 5.85. The first-order valence-corrected chi connectivity index (χ1v) is 8.44. The van der Waals surface area contributed by atoms with E-state index in [-0.39, 0.29) is 11.9 Å². The zero-order chi connectivity index (χ0) is 17.8. The molecular weight excluding hydrogens is 336 g/mol. The molecule has 5 nitrogen and oxygen atoms in total. The van der Waals surface area contributed by atoms with Gasteiger partial charge in [-0.05, 0) is 49.7 Å². The van der Waals surface area contributed by atoms with Crippen LogP contribution in [0, 0.1) is 6.92 Å². The fourth-order valence-corrected chi connectivity index (χ4v) is 2.91. The van der Waals surface area contributed by atoms with Crippen LogP contribution < -0.4 is 11.1 Å². The molecule has 25 heavy (non-hydrogen) atoms. The Kier molecular flexibility index (Phi) is 5.26. The van der Waals surface area contributed by atoms with Crippen molar-refractivity contribution >= 4 is 28.4 Å². The first-order chi connectivity index (χ1) is 12.1. The third-order valence-corrected chi connectivity index (χ3v) is 4.21. The number of aryl methyl sites for hydroxylation is 1. The fraction of sp³-hybridized carbons (Fsp3) is 0.211. The van der Waals surface area contributed by atoms with Gasteiger partial charge in [0.2, 0.25) is 0 Å². The van der Waals surface area contributed by atoms with E-state index >= 15 is 0 Å². The third-order valence-electron chi connectivity index (χ3n) is 3.98. The molecule has 1 unspecified atom stereocenters. The molecule has 6 heteroatoms. The maximum Gasteiger partial charge on any atom is 0.251 e. The molecule has 128 valence electrons. The van der Waals surface area contributed by atoms with Crippen LogP contribution in [0.25, 0.3) is 10.9 Å². The third kappa shape index (κ3) is 4.13. The standard InChI is InChI=1S/C19H19ClN4O/c1-12-22-11-15-6-5-14(10-18(15)23-12)19(25)24-17(7-8-21)13-3-2-4-16(20)9-13/h2-6,9-11,17H,7-8,21H2,1H3,(H,24,25). The van der Waals surface area contributed by atoms with Crippen LogP contribution in [0.5, 0.6) is 0 Å². The molecule has 0 spiro atoms. The molecule has 1 atom stereocenters. The number of nitrogens with one attached hydrogen (secondary N) is 1. The number of amides is 1. The van der Waals surface area contributed by atoms with Crippen LogP contribution in [0.2, 0.25) is 5.02 Å². The molecule has 1 amide bonds. The number of halogens is 1. The van der Waals surface area contributed by atoms with E-state index in [0.717, 1.165) is 16.5 Å². The topological polar surface area (TPSA) is 80.9 Å². The van der Waals surface area contributed by atoms with Crippen molar-refractivity contribution in [3.05, 3.63) is 70.6 Å². The zero-order valence-electron chi connectivity index (χ0n) is 13.9. The molecule has 3 aromatic rings. The Morgan fingerprint density at radius 3 is 2.88 bits per heavy atom. The van der Waals surface area contributed by atoms with Gasteiger partial charge in [-0.15, -0.1) is 0 Å². The minimum absolute atomic E-state index is 0.170. The van der Waals surface area contributed by atoms with Crippen molar-refractivity contribution in [2.75, 3.05) is 6.54 Å². The van der Waals surface area contributed by atoms with Crippen molar-refractivity contribution in [3.8, 4) is 0 Å². The predicted octanol–water partition coefficient (Wildman–Crippen LogP) is 3.41. The summed E-state index contributed by atoms with van der Waals surface area (Å²) in [4.78, 5) is 21.2. The van der Waals surface area contributed by atoms with Crippen molar-refractivity contribution < 1.29 is 4.79 Å². The van der Waals surface area contributed by atoms with Crippen LogP contribution in [0.1, 0.15) is 34.2 Å². The van der Waals surface area contributed by atoms with Gasteiger partial charge in [0.05, 0.1) is 11.6 Å². The van der Waals surface area contributed by atoms with E-state index in [1.807, 2.05) is 31.2 Å². The number of nitrogens with zero attached hydrogens (tertiary/aromatic N) is 2. The first kappa shape index (κ1) is 17.3. The van der Waals surface area contributed by atoms with E-state index in [4.69, 9.17) is 17.3 Å². The second kappa shape index (κ2) is 7.59. The largest absolute Gasteiger partial charge is 0.345 e. The van der Waals surface area contributed by atoms with Gasteiger partial charge in [0.25, 0.3) is 5.91 Å². The molecule has 0 aliphatic carbocycles. The summed E-state index contributed by atoms with van der Waals surface area (Å²) in [6.07, 6.45) is 2.38. The lowest BCUT2D eigenvalue weighted by Gasteiger charge is -2.19. The summed E-state index contributed by atoms with van der Waals surface area (Å²) in [6, 6.07) is 12.6. The SMILES string of the molecule is Cc1ncc2ccc(C(=O)NC(CCN)c3cccc(Cl)c3)cc2n1. The highest BCUT2D eigenvalue weighted by Crippen LogP contribution is 2.21. The van der Waals surface area contributed by atoms with Gasteiger partial charge in [-0.2, -0.15) is 0 Å². The van der Waals surface area contributed by atoms with Gasteiger partial charge in [0.15, 0.2) is 0 Å². The van der Waals surface area contributed by atoms with Crippen LogP contribution in [0.15, 0.2) is 48.7 Å². The zero-order valence-corrected chi connectivity index (χ0v) is 14.6. The van der Waals surface area contributed by atoms with Crippen LogP contribution in [0.4, 0.5) is 0 Å². The van der Waals surface area contributed by atoms with Gasteiger partial charge < -0.3 is 11.1 Å². The predicted molar refractivity (Wildman–Crippen MR) is 99.6 cm³/mol. The van der Waals surface area contributed by atoms with E-state index < -0.39 is 0 Å². The van der Waals surface area contributed by atoms with Crippen molar-refractivity contribution in [2.24, 2.45) is 5.73 Å². The number of hydrogen-bond acceptors (Lipinski definition) is 4. The molecule has 1 aromatic heterocycles. The van der Waals surface area contributed by atoms with Crippen molar-refractivity contribution in [3.63, 3.8) is 0 Å². The molecule has 1 heterocycles. The summed E-state index contributed by atoms with van der Waals surface area (Å²) in [5, 5.41) is 4.57. The van der Waals surface area contributed by atoms with Gasteiger partial charge in [-0.25, -0.2) is 9.97 Å². The number of carbonyl (C=O) groups excluding carboxylic acids is 1. The Morgan fingerprint density at radius 2 is 2.12 bits per heavy atom. The number of rotatable bonds is 5. The fourth-order valence-electron chi connectivity index (χ4n) is 2.71. The Balaban J connectivity index is 1.86. The van der Waals surface area contributed by atoms with Crippen LogP contribution in [-0.2, 0) is 0 Å². The average Bonchev–Trinajstić information content (AvgIpc) is 2.60. The van der Waals surface area contributed by atoms with E-state index in [0.29, 0.717) is 29.4 Å². The monoisotopic (exact) mass is 354 g/mol. The molecule has 0 aliphatic rings. The lowest BCUT2D eigenvalue weighted by Crippen LogP contribution is -2.30. The van der Waals surface area contributed by atoms with Crippen molar-refractivity contribution in [2.45, 2.75) is 19.4 Å². The van der Waals surface area contributed by atoms with Gasteiger partial charge in [0, 0.05) is 22.2 Å². The minimum Gasteiger partial charge on any atom is -0.345 e. The number of nitrogens with two attached hydrogens (primary N) is 1. The highest BCUT2D eigenvalue weighted by molar-refractivity contribution is 6.30. The lowest BCUT2D eigenvalue weighted by molar-refractivity contribution is 0.0935. The molecule has 3 rings (SSSR count). The van der Waals surface area contributed by atoms with Crippen LogP contribution in [0.3, 0.4) is 0 Å². The number of aromatic nitrogens is 2. The molecule has 3 N–H and O–H groups in total. The molecule has 0 aliphatic heterocycles.